The first-order valence-corrected chi connectivity index (χ1v) is 9.24. The van der Waals surface area contributed by atoms with E-state index < -0.39 is 23.6 Å². The summed E-state index contributed by atoms with van der Waals surface area (Å²) >= 11 is 5.98. The molecule has 1 aromatic heterocycles. The number of anilines is 1. The molecular formula is C20H13ClF4N6O. The molecule has 0 spiro atoms. The van der Waals surface area contributed by atoms with E-state index in [1.54, 1.807) is 0 Å². The summed E-state index contributed by atoms with van der Waals surface area (Å²) in [7, 11) is 0. The Labute approximate surface area is 183 Å². The number of aliphatic imine (C=N–C) groups is 1. The van der Waals surface area contributed by atoms with Crippen LogP contribution in [-0.2, 0) is 12.7 Å². The van der Waals surface area contributed by atoms with Crippen molar-refractivity contribution < 1.29 is 22.4 Å². The van der Waals surface area contributed by atoms with Gasteiger partial charge in [-0.25, -0.2) is 4.39 Å². The molecule has 1 amide bonds. The first-order chi connectivity index (χ1) is 15.2. The molecular weight excluding hydrogens is 452 g/mol. The number of amides is 1. The highest BCUT2D eigenvalue weighted by molar-refractivity contribution is 6.31. The predicted octanol–water partition coefficient (Wildman–Crippen LogP) is 4.49. The number of nitriles is 1. The minimum absolute atomic E-state index is 0.0347. The zero-order valence-electron chi connectivity index (χ0n) is 16.0. The fourth-order valence-electron chi connectivity index (χ4n) is 2.50. The van der Waals surface area contributed by atoms with Gasteiger partial charge >= 0.3 is 6.18 Å². The van der Waals surface area contributed by atoms with Crippen molar-refractivity contribution in [1.29, 1.82) is 5.26 Å². The number of aromatic nitrogens is 2. The Morgan fingerprint density at radius 2 is 2.00 bits per heavy atom. The van der Waals surface area contributed by atoms with Gasteiger partial charge in [0, 0.05) is 23.2 Å². The molecule has 3 N–H and O–H groups in total. The number of nitrogens with one attached hydrogen (secondary N) is 3. The molecule has 0 saturated heterocycles. The van der Waals surface area contributed by atoms with E-state index in [0.717, 1.165) is 6.07 Å². The van der Waals surface area contributed by atoms with Crippen LogP contribution in [0.4, 0.5) is 23.4 Å². The summed E-state index contributed by atoms with van der Waals surface area (Å²) in [6, 6.07) is 12.0. The Morgan fingerprint density at radius 3 is 2.66 bits per heavy atom. The maximum atomic E-state index is 13.2. The summed E-state index contributed by atoms with van der Waals surface area (Å²) in [6.07, 6.45) is -4.65. The first kappa shape index (κ1) is 22.8. The largest absolute Gasteiger partial charge is 0.432 e. The minimum atomic E-state index is -4.65. The van der Waals surface area contributed by atoms with Crippen molar-refractivity contribution in [1.82, 2.24) is 15.5 Å². The van der Waals surface area contributed by atoms with Crippen LogP contribution in [0.3, 0.4) is 0 Å². The molecule has 0 bridgehead atoms. The van der Waals surface area contributed by atoms with Crippen LogP contribution < -0.4 is 10.6 Å². The number of nitrogens with zero attached hydrogens (tertiary/aromatic N) is 3. The van der Waals surface area contributed by atoms with E-state index in [-0.39, 0.29) is 34.5 Å². The van der Waals surface area contributed by atoms with Crippen molar-refractivity contribution in [3.8, 4) is 6.07 Å². The molecule has 0 atom stereocenters. The molecule has 2 aromatic carbocycles. The maximum absolute atomic E-state index is 13.2. The molecule has 0 radical (unpaired) electrons. The van der Waals surface area contributed by atoms with E-state index in [0.29, 0.717) is 11.6 Å². The number of carbonyl (C=O) groups is 1. The Bertz CT molecular complexity index is 1220. The number of H-pyrrole nitrogens is 1. The number of carbonyl (C=O) groups excluding carboxylic acids is 1. The van der Waals surface area contributed by atoms with E-state index in [9.17, 15) is 22.4 Å². The highest BCUT2D eigenvalue weighted by Gasteiger charge is 2.33. The fourth-order valence-corrected chi connectivity index (χ4v) is 2.73. The van der Waals surface area contributed by atoms with Gasteiger partial charge in [0.1, 0.15) is 11.5 Å². The number of rotatable bonds is 4. The Balaban J connectivity index is 1.87. The molecule has 0 aliphatic carbocycles. The highest BCUT2D eigenvalue weighted by Crippen LogP contribution is 2.28. The quantitative estimate of drug-likeness (QED) is 0.300. The van der Waals surface area contributed by atoms with Crippen LogP contribution in [0.15, 0.2) is 53.5 Å². The monoisotopic (exact) mass is 464 g/mol. The number of hydrogen-bond donors (Lipinski definition) is 3. The molecule has 12 heteroatoms. The summed E-state index contributed by atoms with van der Waals surface area (Å²) in [6.45, 7) is -0.0347. The number of aromatic amines is 1. The normalized spacial score (nSPS) is 11.7. The second kappa shape index (κ2) is 9.49. The fraction of sp³-hybridized carbons (Fsp3) is 0.100. The van der Waals surface area contributed by atoms with Gasteiger partial charge in [0.05, 0.1) is 11.6 Å². The summed E-state index contributed by atoms with van der Waals surface area (Å²) in [5.41, 5.74) is -0.342. The molecule has 164 valence electrons. The third-order valence-electron chi connectivity index (χ3n) is 4.04. The van der Waals surface area contributed by atoms with Gasteiger partial charge in [-0.05, 0) is 35.9 Å². The van der Waals surface area contributed by atoms with Crippen molar-refractivity contribution in [3.05, 3.63) is 81.8 Å². The first-order valence-electron chi connectivity index (χ1n) is 8.86. The topological polar surface area (TPSA) is 106 Å². The predicted molar refractivity (Wildman–Crippen MR) is 108 cm³/mol. The van der Waals surface area contributed by atoms with Crippen LogP contribution in [0, 0.1) is 17.1 Å². The SMILES string of the molecule is N#Cc1cccc(C(=O)/N=C(/NCc2ccc(F)cc2Cl)Nc2cc(C(F)(F)F)[nH]n2)c1. The van der Waals surface area contributed by atoms with Crippen LogP contribution in [0.25, 0.3) is 0 Å². The average Bonchev–Trinajstić information content (AvgIpc) is 3.22. The molecule has 3 rings (SSSR count). The standard InChI is InChI=1S/C20H13ClF4N6O/c21-15-7-14(22)5-4-13(15)10-27-19(28-17-8-16(30-31-17)20(23,24)25)29-18(32)12-3-1-2-11(6-12)9-26/h1-8H,10H2,(H3,27,28,29,30,31,32). The Kier molecular flexibility index (Phi) is 6.75. The van der Waals surface area contributed by atoms with Crippen LogP contribution in [-0.4, -0.2) is 22.1 Å². The Hall–Kier alpha value is -3.91. The smallest absolute Gasteiger partial charge is 0.352 e. The molecule has 32 heavy (non-hydrogen) atoms. The number of guanidine groups is 1. The van der Waals surface area contributed by atoms with E-state index in [1.165, 1.54) is 36.4 Å². The van der Waals surface area contributed by atoms with Crippen LogP contribution >= 0.6 is 11.6 Å². The van der Waals surface area contributed by atoms with E-state index in [2.05, 4.69) is 20.7 Å². The van der Waals surface area contributed by atoms with Crippen molar-refractivity contribution in [2.45, 2.75) is 12.7 Å². The molecule has 3 aromatic rings. The molecule has 0 aliphatic heterocycles. The van der Waals surface area contributed by atoms with Gasteiger partial charge < -0.3 is 10.6 Å². The van der Waals surface area contributed by atoms with Gasteiger partial charge in [0.25, 0.3) is 5.91 Å². The third kappa shape index (κ3) is 5.83. The minimum Gasteiger partial charge on any atom is -0.352 e. The summed E-state index contributed by atoms with van der Waals surface area (Å²) < 4.78 is 51.7. The van der Waals surface area contributed by atoms with Gasteiger partial charge in [-0.15, -0.1) is 0 Å². The van der Waals surface area contributed by atoms with Gasteiger partial charge in [0.2, 0.25) is 5.96 Å². The zero-order chi connectivity index (χ0) is 23.3. The molecule has 1 heterocycles. The lowest BCUT2D eigenvalue weighted by molar-refractivity contribution is -0.141. The summed E-state index contributed by atoms with van der Waals surface area (Å²) in [5.74, 6) is -1.81. The molecule has 0 fully saturated rings. The second-order valence-electron chi connectivity index (χ2n) is 6.34. The van der Waals surface area contributed by atoms with Crippen LogP contribution in [0.5, 0.6) is 0 Å². The van der Waals surface area contributed by atoms with Gasteiger partial charge in [-0.3, -0.25) is 9.89 Å². The number of hydrogen-bond acceptors (Lipinski definition) is 3. The maximum Gasteiger partial charge on any atom is 0.432 e. The summed E-state index contributed by atoms with van der Waals surface area (Å²) in [4.78, 5) is 16.4. The highest BCUT2D eigenvalue weighted by atomic mass is 35.5. The molecule has 0 aliphatic rings. The van der Waals surface area contributed by atoms with Gasteiger partial charge in [0.15, 0.2) is 5.82 Å². The number of alkyl halides is 3. The second-order valence-corrected chi connectivity index (χ2v) is 6.74. The molecule has 7 nitrogen and oxygen atoms in total. The Morgan fingerprint density at radius 1 is 1.22 bits per heavy atom. The number of benzene rings is 2. The molecule has 0 saturated carbocycles. The van der Waals surface area contributed by atoms with E-state index in [1.807, 2.05) is 11.2 Å². The van der Waals surface area contributed by atoms with Crippen LogP contribution in [0.2, 0.25) is 5.02 Å². The lowest BCUT2D eigenvalue weighted by Gasteiger charge is -2.11. The summed E-state index contributed by atoms with van der Waals surface area (Å²) in [5, 5.41) is 19.7. The third-order valence-corrected chi connectivity index (χ3v) is 4.39. The lowest BCUT2D eigenvalue weighted by Crippen LogP contribution is -2.31. The van der Waals surface area contributed by atoms with Crippen molar-refractivity contribution in [2.75, 3.05) is 5.32 Å². The lowest BCUT2D eigenvalue weighted by atomic mass is 10.1. The van der Waals surface area contributed by atoms with Crippen LogP contribution in [0.1, 0.15) is 27.2 Å². The molecule has 0 unspecified atom stereocenters. The zero-order valence-corrected chi connectivity index (χ0v) is 16.7. The van der Waals surface area contributed by atoms with E-state index in [4.69, 9.17) is 16.9 Å². The van der Waals surface area contributed by atoms with Gasteiger partial charge in [-0.2, -0.15) is 28.5 Å². The van der Waals surface area contributed by atoms with Crippen molar-refractivity contribution in [2.24, 2.45) is 4.99 Å². The average molecular weight is 465 g/mol. The van der Waals surface area contributed by atoms with Gasteiger partial charge in [-0.1, -0.05) is 23.7 Å². The van der Waals surface area contributed by atoms with E-state index >= 15 is 0 Å². The number of halogens is 5. The van der Waals surface area contributed by atoms with Crippen molar-refractivity contribution in [3.63, 3.8) is 0 Å². The van der Waals surface area contributed by atoms with Crippen molar-refractivity contribution >= 4 is 29.3 Å².